The quantitative estimate of drug-likeness (QED) is 0.793. The molecule has 0 unspecified atom stereocenters. The molecule has 1 aromatic heterocycles. The molecule has 2 aromatic rings. The molecule has 1 amide bonds. The van der Waals surface area contributed by atoms with Gasteiger partial charge in [-0.05, 0) is 44.5 Å². The highest BCUT2D eigenvalue weighted by Gasteiger charge is 2.29. The molecule has 1 saturated heterocycles. The zero-order valence-corrected chi connectivity index (χ0v) is 16.8. The van der Waals surface area contributed by atoms with Gasteiger partial charge in [-0.25, -0.2) is 0 Å². The van der Waals surface area contributed by atoms with Crippen LogP contribution in [0.2, 0.25) is 0 Å². The summed E-state index contributed by atoms with van der Waals surface area (Å²) in [5, 5.41) is 8.88. The molecule has 0 atom stereocenters. The lowest BCUT2D eigenvalue weighted by Crippen LogP contribution is -2.39. The first kappa shape index (κ1) is 19.1. The standard InChI is InChI=1S/C21H29N5O2/c1-3-28-15-16-4-6-18(7-5-16)21(27)25-10-8-17(9-11-25)20-23-22-19-14-24(2)12-13-26(19)20/h4-7,17H,3,8-15H2,1-2H3. The Morgan fingerprint density at radius 2 is 1.86 bits per heavy atom. The van der Waals surface area contributed by atoms with E-state index >= 15 is 0 Å². The molecule has 4 rings (SSSR count). The molecule has 3 heterocycles. The maximum atomic E-state index is 12.8. The van der Waals surface area contributed by atoms with Crippen molar-refractivity contribution in [3.05, 3.63) is 47.0 Å². The highest BCUT2D eigenvalue weighted by atomic mass is 16.5. The molecule has 150 valence electrons. The molecule has 2 aliphatic heterocycles. The maximum Gasteiger partial charge on any atom is 0.253 e. The Bertz CT molecular complexity index is 809. The second-order valence-electron chi connectivity index (χ2n) is 7.76. The van der Waals surface area contributed by atoms with Crippen molar-refractivity contribution in [1.82, 2.24) is 24.6 Å². The monoisotopic (exact) mass is 383 g/mol. The third kappa shape index (κ3) is 3.95. The van der Waals surface area contributed by atoms with E-state index in [1.165, 1.54) is 0 Å². The number of aromatic nitrogens is 3. The summed E-state index contributed by atoms with van der Waals surface area (Å²) in [6, 6.07) is 7.78. The number of hydrogen-bond acceptors (Lipinski definition) is 5. The van der Waals surface area contributed by atoms with Crippen LogP contribution in [0.5, 0.6) is 0 Å². The second-order valence-corrected chi connectivity index (χ2v) is 7.76. The first-order chi connectivity index (χ1) is 13.7. The molecular weight excluding hydrogens is 354 g/mol. The van der Waals surface area contributed by atoms with Crippen LogP contribution in [0.4, 0.5) is 0 Å². The lowest BCUT2D eigenvalue weighted by atomic mass is 9.95. The van der Waals surface area contributed by atoms with Gasteiger partial charge in [0.25, 0.3) is 5.91 Å². The second kappa shape index (κ2) is 8.41. The first-order valence-corrected chi connectivity index (χ1v) is 10.2. The van der Waals surface area contributed by atoms with Crippen molar-refractivity contribution in [2.24, 2.45) is 0 Å². The van der Waals surface area contributed by atoms with Crippen molar-refractivity contribution >= 4 is 5.91 Å². The fraction of sp³-hybridized carbons (Fsp3) is 0.571. The zero-order valence-electron chi connectivity index (χ0n) is 16.8. The lowest BCUT2D eigenvalue weighted by Gasteiger charge is -2.32. The van der Waals surface area contributed by atoms with E-state index in [4.69, 9.17) is 4.74 Å². The van der Waals surface area contributed by atoms with Gasteiger partial charge in [0.1, 0.15) is 11.6 Å². The van der Waals surface area contributed by atoms with Gasteiger partial charge in [0.15, 0.2) is 0 Å². The lowest BCUT2D eigenvalue weighted by molar-refractivity contribution is 0.0709. The zero-order chi connectivity index (χ0) is 19.5. The smallest absolute Gasteiger partial charge is 0.253 e. The number of piperidine rings is 1. The van der Waals surface area contributed by atoms with Gasteiger partial charge in [-0.3, -0.25) is 9.69 Å². The van der Waals surface area contributed by atoms with E-state index in [9.17, 15) is 4.79 Å². The van der Waals surface area contributed by atoms with Crippen LogP contribution in [0.15, 0.2) is 24.3 Å². The van der Waals surface area contributed by atoms with Gasteiger partial charge in [0, 0.05) is 44.3 Å². The van der Waals surface area contributed by atoms with Crippen LogP contribution >= 0.6 is 0 Å². The number of nitrogens with zero attached hydrogens (tertiary/aromatic N) is 5. The highest BCUT2D eigenvalue weighted by molar-refractivity contribution is 5.94. The summed E-state index contributed by atoms with van der Waals surface area (Å²) < 4.78 is 7.71. The summed E-state index contributed by atoms with van der Waals surface area (Å²) in [7, 11) is 2.12. The van der Waals surface area contributed by atoms with Crippen LogP contribution in [-0.4, -0.2) is 63.8 Å². The molecule has 0 radical (unpaired) electrons. The Morgan fingerprint density at radius 1 is 1.11 bits per heavy atom. The van der Waals surface area contributed by atoms with Crippen molar-refractivity contribution in [2.75, 3.05) is 33.3 Å². The Balaban J connectivity index is 1.36. The number of ether oxygens (including phenoxy) is 1. The Hall–Kier alpha value is -2.25. The number of rotatable bonds is 5. The van der Waals surface area contributed by atoms with Crippen molar-refractivity contribution in [1.29, 1.82) is 0 Å². The van der Waals surface area contributed by atoms with Crippen molar-refractivity contribution in [3.63, 3.8) is 0 Å². The van der Waals surface area contributed by atoms with Gasteiger partial charge in [0.05, 0.1) is 13.2 Å². The number of fused-ring (bicyclic) bond motifs is 1. The van der Waals surface area contributed by atoms with E-state index in [1.54, 1.807) is 0 Å². The summed E-state index contributed by atoms with van der Waals surface area (Å²) in [6.45, 7) is 7.67. The number of carbonyl (C=O) groups excluding carboxylic acids is 1. The molecule has 28 heavy (non-hydrogen) atoms. The fourth-order valence-electron chi connectivity index (χ4n) is 4.09. The van der Waals surface area contributed by atoms with Gasteiger partial charge >= 0.3 is 0 Å². The average molecular weight is 383 g/mol. The van der Waals surface area contributed by atoms with Gasteiger partial charge in [-0.1, -0.05) is 12.1 Å². The van der Waals surface area contributed by atoms with E-state index in [-0.39, 0.29) is 5.91 Å². The Kier molecular flexibility index (Phi) is 5.73. The largest absolute Gasteiger partial charge is 0.377 e. The molecule has 0 saturated carbocycles. The molecule has 2 aliphatic rings. The minimum atomic E-state index is 0.117. The molecule has 1 aromatic carbocycles. The summed E-state index contributed by atoms with van der Waals surface area (Å²) >= 11 is 0. The topological polar surface area (TPSA) is 63.5 Å². The number of carbonyl (C=O) groups is 1. The summed E-state index contributed by atoms with van der Waals surface area (Å²) in [5.74, 6) is 2.68. The molecule has 7 heteroatoms. The summed E-state index contributed by atoms with van der Waals surface area (Å²) in [5.41, 5.74) is 1.85. The molecule has 0 aliphatic carbocycles. The molecule has 7 nitrogen and oxygen atoms in total. The van der Waals surface area contributed by atoms with Gasteiger partial charge in [-0.2, -0.15) is 0 Å². The van der Waals surface area contributed by atoms with Gasteiger partial charge in [0.2, 0.25) is 0 Å². The van der Waals surface area contributed by atoms with Crippen LogP contribution in [0.3, 0.4) is 0 Å². The van der Waals surface area contributed by atoms with Crippen LogP contribution in [-0.2, 0) is 24.4 Å². The van der Waals surface area contributed by atoms with Crippen LogP contribution in [0, 0.1) is 0 Å². The highest BCUT2D eigenvalue weighted by Crippen LogP contribution is 2.29. The number of hydrogen-bond donors (Lipinski definition) is 0. The van der Waals surface area contributed by atoms with E-state index in [2.05, 4.69) is 26.7 Å². The van der Waals surface area contributed by atoms with E-state index in [0.717, 1.165) is 68.3 Å². The third-order valence-corrected chi connectivity index (χ3v) is 5.79. The number of benzene rings is 1. The molecule has 0 bridgehead atoms. The van der Waals surface area contributed by atoms with Crippen LogP contribution in [0.1, 0.15) is 53.3 Å². The third-order valence-electron chi connectivity index (χ3n) is 5.79. The minimum Gasteiger partial charge on any atom is -0.377 e. The van der Waals surface area contributed by atoms with Crippen molar-refractivity contribution < 1.29 is 9.53 Å². The van der Waals surface area contributed by atoms with E-state index in [0.29, 0.717) is 19.1 Å². The summed E-state index contributed by atoms with van der Waals surface area (Å²) in [6.07, 6.45) is 1.89. The van der Waals surface area contributed by atoms with E-state index in [1.807, 2.05) is 36.1 Å². The van der Waals surface area contributed by atoms with Gasteiger partial charge < -0.3 is 14.2 Å². The number of likely N-dealkylation sites (tertiary alicyclic amines) is 1. The SMILES string of the molecule is CCOCc1ccc(C(=O)N2CCC(c3nnc4n3CCN(C)C4)CC2)cc1. The maximum absolute atomic E-state index is 12.8. The normalized spacial score (nSPS) is 18.3. The Morgan fingerprint density at radius 3 is 2.57 bits per heavy atom. The predicted molar refractivity (Wildman–Crippen MR) is 106 cm³/mol. The average Bonchev–Trinajstić information content (AvgIpc) is 3.15. The number of amides is 1. The first-order valence-electron chi connectivity index (χ1n) is 10.2. The van der Waals surface area contributed by atoms with Crippen LogP contribution < -0.4 is 0 Å². The predicted octanol–water partition coefficient (Wildman–Crippen LogP) is 2.28. The van der Waals surface area contributed by atoms with Crippen molar-refractivity contribution in [2.45, 2.75) is 45.4 Å². The fourth-order valence-corrected chi connectivity index (χ4v) is 4.09. The van der Waals surface area contributed by atoms with Gasteiger partial charge in [-0.15, -0.1) is 10.2 Å². The molecular formula is C21H29N5O2. The van der Waals surface area contributed by atoms with Crippen LogP contribution in [0.25, 0.3) is 0 Å². The summed E-state index contributed by atoms with van der Waals surface area (Å²) in [4.78, 5) is 17.1. The molecule has 0 spiro atoms. The molecule has 0 N–H and O–H groups in total. The molecule has 1 fully saturated rings. The number of likely N-dealkylation sites (N-methyl/N-ethyl adjacent to an activating group) is 1. The van der Waals surface area contributed by atoms with E-state index < -0.39 is 0 Å². The van der Waals surface area contributed by atoms with Crippen molar-refractivity contribution in [3.8, 4) is 0 Å². The minimum absolute atomic E-state index is 0.117. The Labute approximate surface area is 166 Å².